The summed E-state index contributed by atoms with van der Waals surface area (Å²) in [5.74, 6) is -2.36. The summed E-state index contributed by atoms with van der Waals surface area (Å²) in [7, 11) is 0. The third kappa shape index (κ3) is 19.4. The highest BCUT2D eigenvalue weighted by atomic mass is 19.4. The molecule has 1 heterocycles. The van der Waals surface area contributed by atoms with E-state index in [9.17, 15) is 22.4 Å². The number of carbonyl (C=O) groups is 1. The molecule has 0 saturated carbocycles. The number of hydrogen-bond donors (Lipinski definition) is 0. The summed E-state index contributed by atoms with van der Waals surface area (Å²) in [6.45, 7) is 27.1. The van der Waals surface area contributed by atoms with Crippen LogP contribution in [0.4, 0.5) is 17.6 Å². The van der Waals surface area contributed by atoms with Gasteiger partial charge in [-0.3, -0.25) is 4.79 Å². The third-order valence-electron chi connectivity index (χ3n) is 6.33. The molecule has 238 valence electrons. The van der Waals surface area contributed by atoms with Crippen LogP contribution in [0, 0.1) is 17.8 Å². The van der Waals surface area contributed by atoms with Gasteiger partial charge < -0.3 is 4.90 Å². The smallest absolute Gasteiger partial charge is 0.376 e. The second-order valence-corrected chi connectivity index (χ2v) is 9.45. The number of rotatable bonds is 14. The van der Waals surface area contributed by atoms with Gasteiger partial charge in [-0.2, -0.15) is 13.2 Å². The SMILES string of the molecule is C=C/C(=C\C(C)[C@H](C)C(F)(F)F)CCN1C=C(C(/C=C\CC)=C/C(=C)F)CC(CC(=O)CCC)C1.CC.CC.CC. The zero-order valence-electron chi connectivity index (χ0n) is 27.6. The minimum atomic E-state index is -4.25. The molecule has 0 bridgehead atoms. The molecule has 1 aliphatic heterocycles. The van der Waals surface area contributed by atoms with Gasteiger partial charge in [0, 0.05) is 32.1 Å². The lowest BCUT2D eigenvalue weighted by molar-refractivity contribution is -0.177. The highest BCUT2D eigenvalue weighted by Crippen LogP contribution is 2.34. The summed E-state index contributed by atoms with van der Waals surface area (Å²) >= 11 is 0. The summed E-state index contributed by atoms with van der Waals surface area (Å²) in [5.41, 5.74) is 2.41. The average Bonchev–Trinajstić information content (AvgIpc) is 2.95. The molecule has 0 aromatic heterocycles. The first-order valence-electron chi connectivity index (χ1n) is 15.5. The fraction of sp³-hybridized carbons (Fsp3) is 0.629. The molecule has 3 atom stereocenters. The van der Waals surface area contributed by atoms with Crippen molar-refractivity contribution in [2.24, 2.45) is 17.8 Å². The average molecular weight is 586 g/mol. The molecular formula is C35H59F4NO. The van der Waals surface area contributed by atoms with Gasteiger partial charge in [0.1, 0.15) is 11.6 Å². The monoisotopic (exact) mass is 585 g/mol. The van der Waals surface area contributed by atoms with E-state index in [1.54, 1.807) is 19.1 Å². The molecule has 1 aliphatic rings. The van der Waals surface area contributed by atoms with Gasteiger partial charge in [0.15, 0.2) is 0 Å². The van der Waals surface area contributed by atoms with Crippen LogP contribution in [0.1, 0.15) is 108 Å². The molecule has 2 nitrogen and oxygen atoms in total. The maximum Gasteiger partial charge on any atom is 0.392 e. The van der Waals surface area contributed by atoms with Gasteiger partial charge in [0.05, 0.1) is 5.92 Å². The summed E-state index contributed by atoms with van der Waals surface area (Å²) in [5, 5.41) is 0. The first kappa shape index (κ1) is 43.1. The summed E-state index contributed by atoms with van der Waals surface area (Å²) in [6, 6.07) is 0. The molecule has 0 fully saturated rings. The second kappa shape index (κ2) is 25.3. The van der Waals surface area contributed by atoms with E-state index in [0.29, 0.717) is 38.8 Å². The van der Waals surface area contributed by atoms with E-state index < -0.39 is 23.8 Å². The zero-order valence-corrected chi connectivity index (χ0v) is 27.6. The van der Waals surface area contributed by atoms with Crippen LogP contribution < -0.4 is 0 Å². The van der Waals surface area contributed by atoms with E-state index in [1.807, 2.05) is 73.7 Å². The van der Waals surface area contributed by atoms with Crippen molar-refractivity contribution in [1.82, 2.24) is 4.90 Å². The van der Waals surface area contributed by atoms with Crippen LogP contribution in [0.15, 0.2) is 72.3 Å². The Kier molecular flexibility index (Phi) is 26.6. The molecule has 0 N–H and O–H groups in total. The summed E-state index contributed by atoms with van der Waals surface area (Å²) in [4.78, 5) is 14.5. The van der Waals surface area contributed by atoms with Crippen LogP contribution in [-0.4, -0.2) is 29.9 Å². The molecular weight excluding hydrogens is 526 g/mol. The molecule has 0 spiro atoms. The van der Waals surface area contributed by atoms with Crippen molar-refractivity contribution in [3.63, 3.8) is 0 Å². The maximum atomic E-state index is 13.7. The Morgan fingerprint density at radius 2 is 1.68 bits per heavy atom. The number of hydrogen-bond acceptors (Lipinski definition) is 2. The van der Waals surface area contributed by atoms with Crippen molar-refractivity contribution >= 4 is 5.78 Å². The number of carbonyl (C=O) groups excluding carboxylic acids is 1. The van der Waals surface area contributed by atoms with Crippen LogP contribution in [0.5, 0.6) is 0 Å². The Labute approximate surface area is 250 Å². The summed E-state index contributed by atoms with van der Waals surface area (Å²) in [6.07, 6.45) is 9.98. The van der Waals surface area contributed by atoms with E-state index in [0.717, 1.165) is 29.6 Å². The van der Waals surface area contributed by atoms with Crippen molar-refractivity contribution in [2.45, 2.75) is 114 Å². The second-order valence-electron chi connectivity index (χ2n) is 9.45. The normalized spacial score (nSPS) is 17.1. The number of Topliss-reactive ketones (excluding diaryl/α,β-unsaturated/α-hetero) is 1. The molecule has 0 aliphatic carbocycles. The molecule has 2 unspecified atom stereocenters. The van der Waals surface area contributed by atoms with Gasteiger partial charge in [0.25, 0.3) is 0 Å². The van der Waals surface area contributed by atoms with E-state index in [2.05, 4.69) is 18.1 Å². The van der Waals surface area contributed by atoms with Gasteiger partial charge in [-0.15, -0.1) is 0 Å². The lowest BCUT2D eigenvalue weighted by Crippen LogP contribution is -2.32. The van der Waals surface area contributed by atoms with Crippen LogP contribution in [-0.2, 0) is 4.79 Å². The number of ketones is 1. The fourth-order valence-corrected chi connectivity index (χ4v) is 4.19. The van der Waals surface area contributed by atoms with E-state index in [-0.39, 0.29) is 11.7 Å². The predicted molar refractivity (Wildman–Crippen MR) is 171 cm³/mol. The first-order chi connectivity index (χ1) is 19.4. The third-order valence-corrected chi connectivity index (χ3v) is 6.33. The van der Waals surface area contributed by atoms with Crippen LogP contribution in [0.25, 0.3) is 0 Å². The van der Waals surface area contributed by atoms with Gasteiger partial charge in [-0.25, -0.2) is 4.39 Å². The maximum absolute atomic E-state index is 13.7. The Hall–Kier alpha value is -2.37. The van der Waals surface area contributed by atoms with Crippen LogP contribution >= 0.6 is 0 Å². The Morgan fingerprint density at radius 3 is 2.15 bits per heavy atom. The minimum absolute atomic E-state index is 0.0840. The van der Waals surface area contributed by atoms with Crippen molar-refractivity contribution in [3.05, 3.63) is 72.3 Å². The number of allylic oxidation sites excluding steroid dienone is 8. The van der Waals surface area contributed by atoms with Crippen LogP contribution in [0.2, 0.25) is 0 Å². The van der Waals surface area contributed by atoms with Gasteiger partial charge in [0.2, 0.25) is 0 Å². The molecule has 41 heavy (non-hydrogen) atoms. The lowest BCUT2D eigenvalue weighted by Gasteiger charge is -2.33. The fourth-order valence-electron chi connectivity index (χ4n) is 4.19. The molecule has 0 saturated heterocycles. The minimum Gasteiger partial charge on any atom is -0.376 e. The number of halogens is 4. The highest BCUT2D eigenvalue weighted by Gasteiger charge is 2.38. The largest absolute Gasteiger partial charge is 0.392 e. The molecule has 6 heteroatoms. The standard InChI is InChI=1S/C29H41F4NO.3C2H6/c1-7-10-12-26(16-22(5)30)27-17-25(18-28(35)11-8-2)19-34(20-27)14-13-24(9-3)15-21(4)23(6)29(31,32)33;3*1-2/h9-10,12,15-16,20-21,23,25H,3,5,7-8,11,13-14,17-19H2,1-2,4,6H3;3*1-2H3/b12-10-,24-15+,26-16+;;;/t21?,23-,25?;;;/m0.../s1. The number of alkyl halides is 3. The first-order valence-corrected chi connectivity index (χ1v) is 15.5. The Bertz CT molecular complexity index is 849. The topological polar surface area (TPSA) is 20.3 Å². The molecule has 0 aromatic rings. The lowest BCUT2D eigenvalue weighted by atomic mass is 9.86. The van der Waals surface area contributed by atoms with E-state index in [4.69, 9.17) is 0 Å². The van der Waals surface area contributed by atoms with Gasteiger partial charge >= 0.3 is 6.18 Å². The predicted octanol–water partition coefficient (Wildman–Crippen LogP) is 11.7. The van der Waals surface area contributed by atoms with Gasteiger partial charge in [-0.05, 0) is 54.7 Å². The van der Waals surface area contributed by atoms with Crippen molar-refractivity contribution in [2.75, 3.05) is 13.1 Å². The zero-order chi connectivity index (χ0) is 32.6. The quantitative estimate of drug-likeness (QED) is 0.149. The molecule has 0 radical (unpaired) electrons. The van der Waals surface area contributed by atoms with Gasteiger partial charge in [-0.1, -0.05) is 112 Å². The molecule has 0 amide bonds. The Balaban J connectivity index is -0.00000225. The molecule has 1 rings (SSSR count). The van der Waals surface area contributed by atoms with Crippen molar-refractivity contribution in [1.29, 1.82) is 0 Å². The van der Waals surface area contributed by atoms with Crippen molar-refractivity contribution < 1.29 is 22.4 Å². The highest BCUT2D eigenvalue weighted by molar-refractivity contribution is 5.78. The van der Waals surface area contributed by atoms with Crippen LogP contribution in [0.3, 0.4) is 0 Å². The molecule has 0 aromatic carbocycles. The van der Waals surface area contributed by atoms with Crippen molar-refractivity contribution in [3.8, 4) is 0 Å². The summed E-state index contributed by atoms with van der Waals surface area (Å²) < 4.78 is 53.0. The number of nitrogens with zero attached hydrogens (tertiary/aromatic N) is 1. The van der Waals surface area contributed by atoms with E-state index >= 15 is 0 Å². The Morgan fingerprint density at radius 1 is 1.10 bits per heavy atom. The van der Waals surface area contributed by atoms with E-state index in [1.165, 1.54) is 13.0 Å².